The molecule has 5 atom stereocenters. The van der Waals surface area contributed by atoms with Crippen molar-refractivity contribution in [1.29, 1.82) is 0 Å². The number of anilines is 1. The summed E-state index contributed by atoms with van der Waals surface area (Å²) < 4.78 is 6.07. The molecule has 2 fully saturated rings. The second kappa shape index (κ2) is 8.94. The lowest BCUT2D eigenvalue weighted by molar-refractivity contribution is -0.118. The van der Waals surface area contributed by atoms with Gasteiger partial charge in [0.25, 0.3) is 5.91 Å². The van der Waals surface area contributed by atoms with Crippen LogP contribution < -0.4 is 14.9 Å². The molecule has 2 N–H and O–H groups in total. The number of fused-ring (bicyclic) bond motifs is 6. The number of rotatable bonds is 5. The highest BCUT2D eigenvalue weighted by Gasteiger charge is 2.55. The molecule has 0 radical (unpaired) electrons. The summed E-state index contributed by atoms with van der Waals surface area (Å²) in [5, 5.41) is 5.53. The van der Waals surface area contributed by atoms with Gasteiger partial charge in [-0.05, 0) is 79.5 Å². The predicted octanol–water partition coefficient (Wildman–Crippen LogP) is 6.41. The minimum absolute atomic E-state index is 0.0262. The molecular weight excluding hydrogens is 511 g/mol. The van der Waals surface area contributed by atoms with Gasteiger partial charge in [-0.25, -0.2) is 0 Å². The zero-order valence-electron chi connectivity index (χ0n) is 18.1. The molecule has 1 amide bonds. The average molecular weight is 534 g/mol. The largest absolute Gasteiger partial charge is 0.483 e. The van der Waals surface area contributed by atoms with Crippen molar-refractivity contribution < 1.29 is 9.53 Å². The fourth-order valence-electron chi connectivity index (χ4n) is 5.96. The van der Waals surface area contributed by atoms with Crippen LogP contribution in [0.2, 0.25) is 10.0 Å². The summed E-state index contributed by atoms with van der Waals surface area (Å²) in [5.41, 5.74) is 1.62. The molecule has 34 heavy (non-hydrogen) atoms. The monoisotopic (exact) mass is 532 g/mol. The smallest absolute Gasteiger partial charge is 0.305 e. The van der Waals surface area contributed by atoms with Gasteiger partial charge in [0.1, 0.15) is 5.75 Å². The van der Waals surface area contributed by atoms with Crippen LogP contribution in [-0.4, -0.2) is 22.7 Å². The number of thiazole rings is 1. The molecule has 1 aliphatic heterocycles. The maximum absolute atomic E-state index is 12.6. The van der Waals surface area contributed by atoms with Gasteiger partial charge in [0.2, 0.25) is 0 Å². The number of amides is 1. The summed E-state index contributed by atoms with van der Waals surface area (Å²) in [4.78, 5) is 29.0. The Bertz CT molecular complexity index is 1310. The number of benzene rings is 2. The van der Waals surface area contributed by atoms with Gasteiger partial charge in [-0.2, -0.15) is 0 Å². The van der Waals surface area contributed by atoms with E-state index in [1.807, 2.05) is 23.9 Å². The zero-order chi connectivity index (χ0) is 23.4. The molecule has 0 unspecified atom stereocenters. The number of hydrogen-bond donors (Lipinski definition) is 2. The Morgan fingerprint density at radius 1 is 1.09 bits per heavy atom. The van der Waals surface area contributed by atoms with Gasteiger partial charge in [-0.15, -0.1) is 11.8 Å². The second-order valence-corrected chi connectivity index (χ2v) is 12.3. The fourth-order valence-corrected chi connectivity index (χ4v) is 9.16. The van der Waals surface area contributed by atoms with Crippen molar-refractivity contribution in [1.82, 2.24) is 4.98 Å². The SMILES string of the molecule is O=C(COc1ccc(Cl)cc1[C@@H]1c2sc(=O)[nH]c2S[C@H]2[C@@H]3CC[C@H](C3)[C@H]12)Nc1ccc(Cl)cc1. The number of halogens is 2. The molecule has 9 heteroatoms. The number of carbonyl (C=O) groups is 1. The van der Waals surface area contributed by atoms with Crippen LogP contribution in [0.3, 0.4) is 0 Å². The van der Waals surface area contributed by atoms with Crippen LogP contribution >= 0.6 is 46.3 Å². The number of thioether (sulfide) groups is 1. The van der Waals surface area contributed by atoms with E-state index >= 15 is 0 Å². The highest BCUT2D eigenvalue weighted by molar-refractivity contribution is 8.00. The standard InChI is InChI=1S/C25H22Cl2N2O3S2/c26-14-3-6-16(7-4-14)28-19(30)11-32-18-8-5-15(27)10-17(18)21-20-12-1-2-13(9-12)22(20)33-24-23(21)34-25(31)29-24/h3-8,10,12-13,20-22H,1-2,9,11H2,(H,28,30)(H,29,31)/t12-,13-,20-,21+,22+/m1/s1. The fraction of sp³-hybridized carbons (Fsp3) is 0.360. The lowest BCUT2D eigenvalue weighted by Gasteiger charge is -2.40. The molecule has 176 valence electrons. The Kier molecular flexibility index (Phi) is 5.92. The predicted molar refractivity (Wildman–Crippen MR) is 138 cm³/mol. The number of aromatic nitrogens is 1. The van der Waals surface area contributed by atoms with Crippen molar-refractivity contribution in [2.75, 3.05) is 11.9 Å². The van der Waals surface area contributed by atoms with Gasteiger partial charge in [-0.3, -0.25) is 9.59 Å². The number of hydrogen-bond acceptors (Lipinski definition) is 5. The minimum atomic E-state index is -0.257. The molecule has 2 aliphatic carbocycles. The third-order valence-corrected chi connectivity index (χ3v) is 10.4. The highest BCUT2D eigenvalue weighted by Crippen LogP contribution is 2.64. The second-order valence-electron chi connectivity index (χ2n) is 9.20. The third kappa shape index (κ3) is 4.06. The van der Waals surface area contributed by atoms with E-state index in [9.17, 15) is 9.59 Å². The molecule has 2 bridgehead atoms. The Hall–Kier alpha value is -1.93. The first kappa shape index (κ1) is 22.5. The number of aromatic amines is 1. The Morgan fingerprint density at radius 2 is 1.85 bits per heavy atom. The lowest BCUT2D eigenvalue weighted by Crippen LogP contribution is -2.34. The van der Waals surface area contributed by atoms with Gasteiger partial charge in [0.15, 0.2) is 6.61 Å². The van der Waals surface area contributed by atoms with Crippen LogP contribution in [0, 0.1) is 17.8 Å². The van der Waals surface area contributed by atoms with Crippen LogP contribution in [-0.2, 0) is 4.79 Å². The van der Waals surface area contributed by atoms with Gasteiger partial charge in [0, 0.05) is 37.3 Å². The first-order valence-electron chi connectivity index (χ1n) is 11.3. The molecule has 1 aromatic heterocycles. The van der Waals surface area contributed by atoms with E-state index in [0.29, 0.717) is 44.5 Å². The van der Waals surface area contributed by atoms with E-state index in [1.54, 1.807) is 30.3 Å². The maximum atomic E-state index is 12.6. The zero-order valence-corrected chi connectivity index (χ0v) is 21.2. The van der Waals surface area contributed by atoms with Gasteiger partial charge >= 0.3 is 4.87 Å². The van der Waals surface area contributed by atoms with Crippen LogP contribution in [0.4, 0.5) is 5.69 Å². The number of H-pyrrole nitrogens is 1. The number of nitrogens with one attached hydrogen (secondary N) is 2. The van der Waals surface area contributed by atoms with E-state index in [0.717, 1.165) is 15.5 Å². The maximum Gasteiger partial charge on any atom is 0.305 e. The van der Waals surface area contributed by atoms with Crippen molar-refractivity contribution >= 4 is 57.9 Å². The summed E-state index contributed by atoms with van der Waals surface area (Å²) in [6.07, 6.45) is 3.75. The van der Waals surface area contributed by atoms with Gasteiger partial charge in [-0.1, -0.05) is 34.5 Å². The van der Waals surface area contributed by atoms with Crippen molar-refractivity contribution in [3.63, 3.8) is 0 Å². The number of carbonyl (C=O) groups excluding carboxylic acids is 1. The van der Waals surface area contributed by atoms with Crippen LogP contribution in [0.15, 0.2) is 52.3 Å². The molecule has 0 saturated heterocycles. The van der Waals surface area contributed by atoms with Crippen LogP contribution in [0.1, 0.15) is 35.6 Å². The highest BCUT2D eigenvalue weighted by atomic mass is 35.5. The molecule has 5 nitrogen and oxygen atoms in total. The Morgan fingerprint density at radius 3 is 2.68 bits per heavy atom. The third-order valence-electron chi connectivity index (χ3n) is 7.26. The van der Waals surface area contributed by atoms with Crippen LogP contribution in [0.5, 0.6) is 5.75 Å². The molecule has 2 aromatic carbocycles. The van der Waals surface area contributed by atoms with E-state index in [1.165, 1.54) is 30.6 Å². The minimum Gasteiger partial charge on any atom is -0.483 e. The van der Waals surface area contributed by atoms with Crippen molar-refractivity contribution in [3.8, 4) is 5.75 Å². The van der Waals surface area contributed by atoms with Crippen molar-refractivity contribution in [3.05, 3.63) is 72.6 Å². The summed E-state index contributed by atoms with van der Waals surface area (Å²) in [5.74, 6) is 2.18. The molecule has 6 rings (SSSR count). The van der Waals surface area contributed by atoms with Gasteiger partial charge in [0.05, 0.1) is 5.03 Å². The summed E-state index contributed by atoms with van der Waals surface area (Å²) in [6, 6.07) is 12.5. The first-order valence-corrected chi connectivity index (χ1v) is 13.8. The van der Waals surface area contributed by atoms with E-state index < -0.39 is 0 Å². The topological polar surface area (TPSA) is 71.2 Å². The molecule has 2 heterocycles. The van der Waals surface area contributed by atoms with E-state index in [2.05, 4.69) is 10.3 Å². The molecule has 0 spiro atoms. The van der Waals surface area contributed by atoms with Crippen LogP contribution in [0.25, 0.3) is 0 Å². The van der Waals surface area contributed by atoms with Gasteiger partial charge < -0.3 is 15.0 Å². The average Bonchev–Trinajstić information content (AvgIpc) is 3.52. The Balaban J connectivity index is 1.30. The molecule has 3 aromatic rings. The van der Waals surface area contributed by atoms with E-state index in [-0.39, 0.29) is 23.3 Å². The first-order chi connectivity index (χ1) is 16.5. The summed E-state index contributed by atoms with van der Waals surface area (Å²) in [7, 11) is 0. The quantitative estimate of drug-likeness (QED) is 0.398. The normalized spacial score (nSPS) is 26.7. The molecular formula is C25H22Cl2N2O3S2. The summed E-state index contributed by atoms with van der Waals surface area (Å²) >= 11 is 15.5. The Labute approximate surface area is 215 Å². The van der Waals surface area contributed by atoms with Crippen molar-refractivity contribution in [2.45, 2.75) is 35.5 Å². The molecule has 3 aliphatic rings. The summed E-state index contributed by atoms with van der Waals surface area (Å²) in [6.45, 7) is -0.130. The van der Waals surface area contributed by atoms with E-state index in [4.69, 9.17) is 27.9 Å². The molecule has 2 saturated carbocycles. The lowest BCUT2D eigenvalue weighted by atomic mass is 9.74. The van der Waals surface area contributed by atoms with Crippen molar-refractivity contribution in [2.24, 2.45) is 17.8 Å². The number of ether oxygens (including phenoxy) is 1.